The highest BCUT2D eigenvalue weighted by Gasteiger charge is 2.50. The predicted molar refractivity (Wildman–Crippen MR) is 67.3 cm³/mol. The average Bonchev–Trinajstić information content (AvgIpc) is 2.24. The molecule has 17 heavy (non-hydrogen) atoms. The van der Waals surface area contributed by atoms with Crippen molar-refractivity contribution in [2.45, 2.75) is 51.5 Å². The summed E-state index contributed by atoms with van der Waals surface area (Å²) in [6.07, 6.45) is 8.41. The van der Waals surface area contributed by atoms with Crippen molar-refractivity contribution < 1.29 is 4.79 Å². The minimum atomic E-state index is -0.371. The second kappa shape index (κ2) is 3.98. The van der Waals surface area contributed by atoms with E-state index in [9.17, 15) is 4.79 Å². The van der Waals surface area contributed by atoms with Crippen LogP contribution in [0.15, 0.2) is 0 Å². The smallest absolute Gasteiger partial charge is 0.236 e. The van der Waals surface area contributed by atoms with Crippen LogP contribution in [0.5, 0.6) is 0 Å². The largest absolute Gasteiger partial charge is 0.354 e. The summed E-state index contributed by atoms with van der Waals surface area (Å²) in [5.41, 5.74) is 6.03. The highest BCUT2D eigenvalue weighted by molar-refractivity contribution is 5.80. The van der Waals surface area contributed by atoms with Crippen molar-refractivity contribution in [3.8, 4) is 0 Å². The van der Waals surface area contributed by atoms with Crippen LogP contribution in [0.3, 0.4) is 0 Å². The topological polar surface area (TPSA) is 55.1 Å². The Morgan fingerprint density at radius 1 is 1.24 bits per heavy atom. The van der Waals surface area contributed by atoms with Gasteiger partial charge in [-0.1, -0.05) is 0 Å². The lowest BCUT2D eigenvalue weighted by Gasteiger charge is -2.57. The van der Waals surface area contributed by atoms with E-state index >= 15 is 0 Å². The van der Waals surface area contributed by atoms with Gasteiger partial charge in [0.1, 0.15) is 0 Å². The number of nitrogens with one attached hydrogen (secondary N) is 1. The maximum absolute atomic E-state index is 11.6. The summed E-state index contributed by atoms with van der Waals surface area (Å²) in [5, 5.41) is 3.08. The normalized spacial score (nSPS) is 44.7. The van der Waals surface area contributed by atoms with Crippen LogP contribution in [-0.2, 0) is 4.79 Å². The third-order valence-electron chi connectivity index (χ3n) is 5.22. The molecule has 0 spiro atoms. The fourth-order valence-electron chi connectivity index (χ4n) is 4.94. The summed E-state index contributed by atoms with van der Waals surface area (Å²) in [6, 6.07) is -0.371. The zero-order valence-electron chi connectivity index (χ0n) is 10.7. The van der Waals surface area contributed by atoms with Crippen LogP contribution in [0.25, 0.3) is 0 Å². The molecule has 0 saturated heterocycles. The van der Waals surface area contributed by atoms with Gasteiger partial charge in [-0.25, -0.2) is 0 Å². The summed E-state index contributed by atoms with van der Waals surface area (Å²) in [5.74, 6) is 2.87. The molecule has 0 radical (unpaired) electrons. The molecule has 96 valence electrons. The fraction of sp³-hybridized carbons (Fsp3) is 0.929. The van der Waals surface area contributed by atoms with Crippen LogP contribution >= 0.6 is 0 Å². The maximum Gasteiger partial charge on any atom is 0.236 e. The number of amides is 1. The minimum Gasteiger partial charge on any atom is -0.354 e. The number of nitrogens with two attached hydrogens (primary N) is 1. The minimum absolute atomic E-state index is 0.0146. The third kappa shape index (κ3) is 2.10. The zero-order chi connectivity index (χ0) is 12.0. The van der Waals surface area contributed by atoms with Crippen LogP contribution in [-0.4, -0.2) is 18.5 Å². The molecule has 4 bridgehead atoms. The molecule has 4 aliphatic rings. The van der Waals surface area contributed by atoms with Gasteiger partial charge in [-0.2, -0.15) is 0 Å². The molecular formula is C14H24N2O. The lowest BCUT2D eigenvalue weighted by Crippen LogP contribution is -2.52. The van der Waals surface area contributed by atoms with Crippen LogP contribution in [0.1, 0.15) is 45.4 Å². The van der Waals surface area contributed by atoms with Gasteiger partial charge < -0.3 is 11.1 Å². The molecule has 3 nitrogen and oxygen atoms in total. The molecule has 4 aliphatic carbocycles. The first kappa shape index (κ1) is 11.5. The average molecular weight is 236 g/mol. The molecule has 0 aliphatic heterocycles. The van der Waals surface area contributed by atoms with Crippen molar-refractivity contribution in [1.29, 1.82) is 0 Å². The van der Waals surface area contributed by atoms with E-state index in [2.05, 4.69) is 5.32 Å². The highest BCUT2D eigenvalue weighted by atomic mass is 16.2. The van der Waals surface area contributed by atoms with Gasteiger partial charge in [0.2, 0.25) is 5.91 Å². The molecule has 3 N–H and O–H groups in total. The second-order valence-electron chi connectivity index (χ2n) is 6.92. The van der Waals surface area contributed by atoms with Crippen molar-refractivity contribution >= 4 is 5.91 Å². The SMILES string of the molecule is C[C@@H](N)C(=O)NCC12CC3CC(CC(C3)C1)C2. The van der Waals surface area contributed by atoms with Crippen molar-refractivity contribution in [1.82, 2.24) is 5.32 Å². The predicted octanol–water partition coefficient (Wildman–Crippen LogP) is 1.67. The molecule has 0 aromatic rings. The van der Waals surface area contributed by atoms with Gasteiger partial charge >= 0.3 is 0 Å². The molecule has 0 aromatic carbocycles. The van der Waals surface area contributed by atoms with Crippen molar-refractivity contribution in [2.24, 2.45) is 28.9 Å². The van der Waals surface area contributed by atoms with E-state index in [0.29, 0.717) is 5.41 Å². The quantitative estimate of drug-likeness (QED) is 0.783. The Hall–Kier alpha value is -0.570. The van der Waals surface area contributed by atoms with Gasteiger partial charge in [-0.05, 0) is 68.6 Å². The van der Waals surface area contributed by atoms with Crippen LogP contribution in [0, 0.1) is 23.2 Å². The summed E-state index contributed by atoms with van der Waals surface area (Å²) >= 11 is 0. The number of carbonyl (C=O) groups excluding carboxylic acids is 1. The Bertz CT molecular complexity index is 289. The molecule has 0 aromatic heterocycles. The van der Waals surface area contributed by atoms with Crippen LogP contribution in [0.2, 0.25) is 0 Å². The summed E-state index contributed by atoms with van der Waals surface area (Å²) in [6.45, 7) is 2.63. The third-order valence-corrected chi connectivity index (χ3v) is 5.22. The molecule has 4 rings (SSSR count). The summed E-state index contributed by atoms with van der Waals surface area (Å²) < 4.78 is 0. The lowest BCUT2D eigenvalue weighted by atomic mass is 9.49. The number of hydrogen-bond donors (Lipinski definition) is 2. The van der Waals surface area contributed by atoms with E-state index in [1.165, 1.54) is 38.5 Å². The first-order chi connectivity index (χ1) is 8.06. The van der Waals surface area contributed by atoms with Crippen LogP contribution in [0.4, 0.5) is 0 Å². The Kier molecular flexibility index (Phi) is 2.69. The van der Waals surface area contributed by atoms with E-state index in [1.807, 2.05) is 0 Å². The molecule has 1 atom stereocenters. The first-order valence-electron chi connectivity index (χ1n) is 7.10. The lowest BCUT2D eigenvalue weighted by molar-refractivity contribution is -0.124. The zero-order valence-corrected chi connectivity index (χ0v) is 10.7. The first-order valence-corrected chi connectivity index (χ1v) is 7.10. The molecule has 0 unspecified atom stereocenters. The van der Waals surface area contributed by atoms with Gasteiger partial charge in [-0.3, -0.25) is 4.79 Å². The van der Waals surface area contributed by atoms with Gasteiger partial charge in [0.05, 0.1) is 6.04 Å². The number of rotatable bonds is 3. The molecule has 0 heterocycles. The van der Waals surface area contributed by atoms with E-state index in [1.54, 1.807) is 6.92 Å². The summed E-state index contributed by atoms with van der Waals surface area (Å²) in [7, 11) is 0. The Morgan fingerprint density at radius 2 is 1.71 bits per heavy atom. The van der Waals surface area contributed by atoms with Crippen molar-refractivity contribution in [3.63, 3.8) is 0 Å². The fourth-order valence-corrected chi connectivity index (χ4v) is 4.94. The molecular weight excluding hydrogens is 212 g/mol. The Morgan fingerprint density at radius 3 is 2.12 bits per heavy atom. The van der Waals surface area contributed by atoms with E-state index in [0.717, 1.165) is 24.3 Å². The van der Waals surface area contributed by atoms with Gasteiger partial charge in [0.15, 0.2) is 0 Å². The van der Waals surface area contributed by atoms with E-state index in [-0.39, 0.29) is 11.9 Å². The highest BCUT2D eigenvalue weighted by Crippen LogP contribution is 2.59. The monoisotopic (exact) mass is 236 g/mol. The Labute approximate surface area is 104 Å². The van der Waals surface area contributed by atoms with Crippen molar-refractivity contribution in [3.05, 3.63) is 0 Å². The molecule has 1 amide bonds. The molecule has 4 fully saturated rings. The standard InChI is InChI=1S/C14H24N2O/c1-9(15)13(17)16-8-14-5-10-2-11(6-14)4-12(3-10)7-14/h9-12H,2-8,15H2,1H3,(H,16,17)/t9-,10?,11?,12?,14?/m1/s1. The van der Waals surface area contributed by atoms with Crippen LogP contribution < -0.4 is 11.1 Å². The van der Waals surface area contributed by atoms with E-state index in [4.69, 9.17) is 5.73 Å². The molecule has 3 heteroatoms. The maximum atomic E-state index is 11.6. The molecule has 4 saturated carbocycles. The second-order valence-corrected chi connectivity index (χ2v) is 6.92. The van der Waals surface area contributed by atoms with Gasteiger partial charge in [0, 0.05) is 6.54 Å². The Balaban J connectivity index is 1.64. The van der Waals surface area contributed by atoms with E-state index < -0.39 is 0 Å². The summed E-state index contributed by atoms with van der Waals surface area (Å²) in [4.78, 5) is 11.6. The number of hydrogen-bond acceptors (Lipinski definition) is 2. The van der Waals surface area contributed by atoms with Gasteiger partial charge in [-0.15, -0.1) is 0 Å². The van der Waals surface area contributed by atoms with Crippen molar-refractivity contribution in [2.75, 3.05) is 6.54 Å². The van der Waals surface area contributed by atoms with Gasteiger partial charge in [0.25, 0.3) is 0 Å². The number of carbonyl (C=O) groups is 1.